The number of fused-ring (bicyclic) bond motifs is 5. The van der Waals surface area contributed by atoms with Gasteiger partial charge in [0.15, 0.2) is 6.29 Å². The fourth-order valence-corrected chi connectivity index (χ4v) is 10.2. The Hall–Kier alpha value is -1.60. The Kier molecular flexibility index (Phi) is 7.81. The molecular weight excluding hydrogens is 548 g/mol. The SMILES string of the molecule is CC(=O)OC[C@H]1O[C@@H](OC2CC[C@@]3(C)C(CC[C@@H]4[C@@H]3C(O)C[C@]3(C)[C@@H](C5=CC(=O)OC5)CC[C@]43O)C2)[C@H](O)[C@H](O)[C@@H]1O. The van der Waals surface area contributed by atoms with E-state index in [1.807, 2.05) is 0 Å². The summed E-state index contributed by atoms with van der Waals surface area (Å²) in [7, 11) is 0. The second kappa shape index (κ2) is 10.8. The van der Waals surface area contributed by atoms with Gasteiger partial charge in [-0.15, -0.1) is 0 Å². The first-order valence-corrected chi connectivity index (χ1v) is 15.5. The van der Waals surface area contributed by atoms with Crippen LogP contribution in [-0.4, -0.2) is 99.2 Å². The van der Waals surface area contributed by atoms with Gasteiger partial charge in [-0.25, -0.2) is 4.79 Å². The van der Waals surface area contributed by atoms with Crippen molar-refractivity contribution in [3.63, 3.8) is 0 Å². The average Bonchev–Trinajstić information content (AvgIpc) is 3.47. The number of carbonyl (C=O) groups is 2. The Balaban J connectivity index is 1.16. The van der Waals surface area contributed by atoms with E-state index in [1.165, 1.54) is 6.92 Å². The Labute approximate surface area is 246 Å². The van der Waals surface area contributed by atoms with Crippen LogP contribution >= 0.6 is 0 Å². The number of hydrogen-bond acceptors (Lipinski definition) is 11. The van der Waals surface area contributed by atoms with E-state index in [4.69, 9.17) is 18.9 Å². The van der Waals surface area contributed by atoms with Gasteiger partial charge in [-0.05, 0) is 86.0 Å². The highest BCUT2D eigenvalue weighted by atomic mass is 16.7. The lowest BCUT2D eigenvalue weighted by molar-refractivity contribution is -0.318. The monoisotopic (exact) mass is 594 g/mol. The molecule has 5 N–H and O–H groups in total. The molecule has 0 amide bonds. The molecule has 0 aromatic rings. The van der Waals surface area contributed by atoms with E-state index in [1.54, 1.807) is 6.08 Å². The van der Waals surface area contributed by atoms with Crippen LogP contribution in [0.1, 0.15) is 72.1 Å². The number of rotatable bonds is 5. The maximum Gasteiger partial charge on any atom is 0.331 e. The van der Waals surface area contributed by atoms with Crippen LogP contribution in [0.3, 0.4) is 0 Å². The second-order valence-corrected chi connectivity index (χ2v) is 14.3. The quantitative estimate of drug-likeness (QED) is 0.227. The summed E-state index contributed by atoms with van der Waals surface area (Å²) in [4.78, 5) is 23.1. The summed E-state index contributed by atoms with van der Waals surface area (Å²) in [5.41, 5.74) is -0.771. The fraction of sp³-hybridized carbons (Fsp3) is 0.871. The molecule has 5 fully saturated rings. The molecule has 11 heteroatoms. The molecule has 42 heavy (non-hydrogen) atoms. The van der Waals surface area contributed by atoms with Crippen LogP contribution < -0.4 is 0 Å². The predicted molar refractivity (Wildman–Crippen MR) is 145 cm³/mol. The van der Waals surface area contributed by atoms with E-state index >= 15 is 0 Å². The third-order valence-corrected chi connectivity index (χ3v) is 12.3. The Morgan fingerprint density at radius 3 is 2.50 bits per heavy atom. The molecule has 1 saturated heterocycles. The number of cyclic esters (lactones) is 1. The zero-order chi connectivity index (χ0) is 30.2. The van der Waals surface area contributed by atoms with Crippen molar-refractivity contribution in [2.45, 2.75) is 121 Å². The van der Waals surface area contributed by atoms with Crippen molar-refractivity contribution >= 4 is 11.9 Å². The molecule has 3 unspecified atom stereocenters. The smallest absolute Gasteiger partial charge is 0.331 e. The third kappa shape index (κ3) is 4.66. The van der Waals surface area contributed by atoms with Crippen LogP contribution in [0.4, 0.5) is 0 Å². The van der Waals surface area contributed by atoms with Gasteiger partial charge >= 0.3 is 11.9 Å². The van der Waals surface area contributed by atoms with Gasteiger partial charge in [-0.2, -0.15) is 0 Å². The minimum Gasteiger partial charge on any atom is -0.463 e. The highest BCUT2D eigenvalue weighted by Gasteiger charge is 2.70. The summed E-state index contributed by atoms with van der Waals surface area (Å²) in [5, 5.41) is 55.5. The number of carbonyl (C=O) groups excluding carboxylic acids is 2. The van der Waals surface area contributed by atoms with Gasteiger partial charge in [0.05, 0.1) is 17.8 Å². The van der Waals surface area contributed by atoms with Crippen molar-refractivity contribution in [3.05, 3.63) is 11.6 Å². The zero-order valence-electron chi connectivity index (χ0n) is 24.7. The normalized spacial score (nSPS) is 52.0. The molecule has 0 aromatic heterocycles. The van der Waals surface area contributed by atoms with Crippen molar-refractivity contribution in [3.8, 4) is 0 Å². The Bertz CT molecular complexity index is 1110. The molecule has 0 aromatic carbocycles. The molecule has 0 spiro atoms. The van der Waals surface area contributed by atoms with Gasteiger partial charge in [0, 0.05) is 18.4 Å². The van der Waals surface area contributed by atoms with Gasteiger partial charge in [-0.1, -0.05) is 13.8 Å². The molecule has 14 atom stereocenters. The highest BCUT2D eigenvalue weighted by Crippen LogP contribution is 2.70. The first kappa shape index (κ1) is 30.4. The van der Waals surface area contributed by atoms with Crippen molar-refractivity contribution < 1.29 is 54.1 Å². The molecule has 2 heterocycles. The molecule has 11 nitrogen and oxygen atoms in total. The van der Waals surface area contributed by atoms with E-state index < -0.39 is 53.8 Å². The Morgan fingerprint density at radius 1 is 1.05 bits per heavy atom. The van der Waals surface area contributed by atoms with Crippen LogP contribution in [0.5, 0.6) is 0 Å². The van der Waals surface area contributed by atoms with Crippen LogP contribution in [0, 0.1) is 34.5 Å². The van der Waals surface area contributed by atoms with E-state index in [2.05, 4.69) is 13.8 Å². The van der Waals surface area contributed by atoms with E-state index in [0.29, 0.717) is 25.7 Å². The largest absolute Gasteiger partial charge is 0.463 e. The molecule has 236 valence electrons. The van der Waals surface area contributed by atoms with Crippen LogP contribution in [0.15, 0.2) is 11.6 Å². The van der Waals surface area contributed by atoms with Gasteiger partial charge in [0.25, 0.3) is 0 Å². The van der Waals surface area contributed by atoms with Gasteiger partial charge < -0.3 is 44.5 Å². The molecule has 4 aliphatic carbocycles. The average molecular weight is 595 g/mol. The summed E-state index contributed by atoms with van der Waals surface area (Å²) in [5.74, 6) is -0.800. The topological polar surface area (TPSA) is 172 Å². The number of aliphatic hydroxyl groups is 5. The highest BCUT2D eigenvalue weighted by molar-refractivity contribution is 5.85. The number of hydrogen-bond donors (Lipinski definition) is 5. The lowest BCUT2D eigenvalue weighted by Crippen LogP contribution is -2.66. The molecule has 6 aliphatic rings. The maximum absolute atomic E-state index is 12.4. The molecule has 0 bridgehead atoms. The Morgan fingerprint density at radius 2 is 1.81 bits per heavy atom. The number of esters is 2. The lowest BCUT2D eigenvalue weighted by Gasteiger charge is -2.65. The molecule has 6 rings (SSSR count). The summed E-state index contributed by atoms with van der Waals surface area (Å²) in [6.07, 6.45) is -0.315. The molecule has 2 aliphatic heterocycles. The molecule has 4 saturated carbocycles. The van der Waals surface area contributed by atoms with Crippen molar-refractivity contribution in [2.24, 2.45) is 34.5 Å². The first-order chi connectivity index (χ1) is 19.8. The fourth-order valence-electron chi connectivity index (χ4n) is 10.2. The molecule has 0 radical (unpaired) electrons. The van der Waals surface area contributed by atoms with Gasteiger partial charge in [0.2, 0.25) is 0 Å². The third-order valence-electron chi connectivity index (χ3n) is 12.3. The maximum atomic E-state index is 12.4. The van der Waals surface area contributed by atoms with Crippen LogP contribution in [-0.2, 0) is 28.5 Å². The summed E-state index contributed by atoms with van der Waals surface area (Å²) in [6.45, 7) is 5.55. The number of aliphatic hydroxyl groups excluding tert-OH is 4. The van der Waals surface area contributed by atoms with Crippen LogP contribution in [0.25, 0.3) is 0 Å². The second-order valence-electron chi connectivity index (χ2n) is 14.3. The van der Waals surface area contributed by atoms with Gasteiger partial charge in [0.1, 0.15) is 37.6 Å². The zero-order valence-corrected chi connectivity index (χ0v) is 24.7. The minimum absolute atomic E-state index is 0.000298. The van der Waals surface area contributed by atoms with Crippen molar-refractivity contribution in [1.29, 1.82) is 0 Å². The lowest BCUT2D eigenvalue weighted by atomic mass is 9.42. The standard InChI is InChI=1S/C31H46O11/c1-15(32)39-14-22-25(35)26(36)27(37)28(42-22)41-18-6-8-29(2)17(11-18)4-5-20-24(29)21(33)12-30(3)19(7-9-31(20,30)38)16-10-23(34)40-13-16/h10,17-22,24-28,33,35-38H,4-9,11-14H2,1-3H3/t17?,18?,19-,20-,21?,22-,24-,25-,26-,27-,28-,29+,30-,31+/m1/s1. The first-order valence-electron chi connectivity index (χ1n) is 15.5. The van der Waals surface area contributed by atoms with E-state index in [-0.39, 0.29) is 54.4 Å². The van der Waals surface area contributed by atoms with Crippen LogP contribution in [0.2, 0.25) is 0 Å². The van der Waals surface area contributed by atoms with Gasteiger partial charge in [-0.3, -0.25) is 4.79 Å². The van der Waals surface area contributed by atoms with E-state index in [9.17, 15) is 35.1 Å². The predicted octanol–water partition coefficient (Wildman–Crippen LogP) is 0.970. The number of ether oxygens (including phenoxy) is 4. The van der Waals surface area contributed by atoms with Crippen molar-refractivity contribution in [1.82, 2.24) is 0 Å². The summed E-state index contributed by atoms with van der Waals surface area (Å²) < 4.78 is 22.1. The summed E-state index contributed by atoms with van der Waals surface area (Å²) >= 11 is 0. The minimum atomic E-state index is -1.51. The van der Waals surface area contributed by atoms with Crippen molar-refractivity contribution in [2.75, 3.05) is 13.2 Å². The van der Waals surface area contributed by atoms with E-state index in [0.717, 1.165) is 31.3 Å². The molecular formula is C31H46O11. The summed E-state index contributed by atoms with van der Waals surface area (Å²) in [6, 6.07) is 0.